The zero-order valence-corrected chi connectivity index (χ0v) is 53.7. The Morgan fingerprint density at radius 2 is 0.837 bits per heavy atom. The molecule has 3 aliphatic heterocycles. The summed E-state index contributed by atoms with van der Waals surface area (Å²) in [7, 11) is 0. The third kappa shape index (κ3) is 27.7. The number of aliphatic hydroxyl groups excluding tert-OH is 9. The Hall–Kier alpha value is -4.42. The summed E-state index contributed by atoms with van der Waals surface area (Å²) < 4.78 is 67.9. The van der Waals surface area contributed by atoms with Crippen LogP contribution in [0.1, 0.15) is 72.1 Å². The molecule has 4 fully saturated rings. The Bertz CT molecular complexity index is 2350. The minimum atomic E-state index is -3.12. The van der Waals surface area contributed by atoms with Gasteiger partial charge in [-0.3, -0.25) is 42.9 Å². The number of hydrogen-bond donors (Lipinski definition) is 18. The Labute approximate surface area is 536 Å². The van der Waals surface area contributed by atoms with Crippen LogP contribution in [0.4, 0.5) is 0 Å². The molecular formula is C54H95N8O28PS. The molecule has 0 bridgehead atoms. The molecule has 1 aliphatic carbocycles. The van der Waals surface area contributed by atoms with Crippen LogP contribution in [-0.2, 0) is 90.1 Å². The highest BCUT2D eigenvalue weighted by molar-refractivity contribution is 8.46. The third-order valence-corrected chi connectivity index (χ3v) is 15.9. The number of amides is 8. The lowest BCUT2D eigenvalue weighted by Crippen LogP contribution is -2.64. The van der Waals surface area contributed by atoms with Gasteiger partial charge in [-0.25, -0.2) is 0 Å². The fourth-order valence-corrected chi connectivity index (χ4v) is 11.4. The van der Waals surface area contributed by atoms with Gasteiger partial charge < -0.3 is 136 Å². The maximum absolute atomic E-state index is 13.8. The first-order chi connectivity index (χ1) is 43.7. The lowest BCUT2D eigenvalue weighted by Gasteiger charge is -2.42. The standard InChI is InChI=1S/C54H95N8O28PS/c1-28(66)58-40-46(74)43(71)35(25-63)87-52(40)84-22-19-81-16-13-55-38(69)11-9-33(50(78)56-14-17-82-20-23-85-53-41(59-29(2)67)47(75)44(72)36(26-64)88-53)61-39(70)12-10-34(62-49(77)31-5-7-32(8-6-31)90-91(4,80)92)51(79)57-15-18-83-21-24-86-54-42(60-30(3)68)48(76)45(73)37(27-65)89-54/h31-37,40-48,52-54,63-65,71-76H,5-27H2,1-4H3,(H,55,69)(H,56,78)(H,57,79)(H,58,66)(H,59,67)(H,60,68)(H,61,70)(H,62,77)(H,80,92)/t31-,32+,33?,34?,35?,36?,37?,40?,41?,42?,43?,44?,45?,46?,47?,48?,52?,53?,54?,91?. The summed E-state index contributed by atoms with van der Waals surface area (Å²) in [5.74, 6) is -5.48. The van der Waals surface area contributed by atoms with Crippen LogP contribution in [-0.4, -0.2) is 309 Å². The van der Waals surface area contributed by atoms with Gasteiger partial charge in [0, 0.05) is 65.8 Å². The van der Waals surface area contributed by atoms with Crippen LogP contribution in [0.3, 0.4) is 0 Å². The Morgan fingerprint density at radius 1 is 0.489 bits per heavy atom. The van der Waals surface area contributed by atoms with E-state index in [0.29, 0.717) is 25.7 Å². The average Bonchev–Trinajstić information content (AvgIpc) is 0.846. The summed E-state index contributed by atoms with van der Waals surface area (Å²) in [5, 5.41) is 112. The van der Waals surface area contributed by atoms with Crippen molar-refractivity contribution >= 4 is 66.1 Å². The van der Waals surface area contributed by atoms with Crippen molar-refractivity contribution in [2.45, 2.75) is 182 Å². The first kappa shape index (κ1) is 80.0. The molecule has 18 atom stereocenters. The Balaban J connectivity index is 1.35. The van der Waals surface area contributed by atoms with Crippen LogP contribution in [0.5, 0.6) is 0 Å². The Morgan fingerprint density at radius 3 is 1.18 bits per heavy atom. The minimum Gasteiger partial charge on any atom is -0.394 e. The van der Waals surface area contributed by atoms with E-state index in [9.17, 15) is 88.9 Å². The zero-order valence-electron chi connectivity index (χ0n) is 51.9. The van der Waals surface area contributed by atoms with E-state index in [0.717, 1.165) is 0 Å². The van der Waals surface area contributed by atoms with E-state index in [1.807, 2.05) is 0 Å². The molecule has 8 amide bonds. The molecule has 4 aliphatic rings. The van der Waals surface area contributed by atoms with Gasteiger partial charge in [-0.1, -0.05) is 12.2 Å². The van der Waals surface area contributed by atoms with E-state index in [-0.39, 0.29) is 98.4 Å². The van der Waals surface area contributed by atoms with Crippen molar-refractivity contribution in [3.05, 3.63) is 0 Å². The molecule has 38 heteroatoms. The molecular weight excluding hydrogens is 1270 g/mol. The number of aliphatic hydroxyl groups is 9. The van der Waals surface area contributed by atoms with E-state index >= 15 is 0 Å². The monoisotopic (exact) mass is 1370 g/mol. The average molecular weight is 1370 g/mol. The quantitative estimate of drug-likeness (QED) is 0.0154. The molecule has 3 saturated heterocycles. The van der Waals surface area contributed by atoms with E-state index in [4.69, 9.17) is 47.2 Å². The highest BCUT2D eigenvalue weighted by Gasteiger charge is 2.48. The second kappa shape index (κ2) is 41.5. The first-order valence-electron chi connectivity index (χ1n) is 30.3. The van der Waals surface area contributed by atoms with Crippen molar-refractivity contribution < 1.29 is 136 Å². The summed E-state index contributed by atoms with van der Waals surface area (Å²) >= 11 is 4.01. The molecule has 4 rings (SSSR count). The van der Waals surface area contributed by atoms with Crippen LogP contribution < -0.4 is 42.5 Å². The SMILES string of the molecule is CC(=O)NC1C(OCCOCCNC(=O)CCC(NC(=O)CCC(NC(=O)[C@H]2CC[C@@H](OP(C)(=O)S)CC2)C(=O)NCCOCCOC2OC(CO)C(O)C(O)C2NC(C)=O)C(=O)NCCOCCOC2OC(CO)C(O)C(O)C2NC(C)=O)OC(CO)C(O)C1O. The maximum Gasteiger partial charge on any atom is 0.252 e. The van der Waals surface area contributed by atoms with Gasteiger partial charge >= 0.3 is 0 Å². The van der Waals surface area contributed by atoms with Gasteiger partial charge in [-0.05, 0) is 38.5 Å². The minimum absolute atomic E-state index is 0.0240. The topological polar surface area (TPSA) is 524 Å². The fourth-order valence-electron chi connectivity index (χ4n) is 10.3. The summed E-state index contributed by atoms with van der Waals surface area (Å²) in [5.41, 5.74) is 0. The number of nitrogens with one attached hydrogen (secondary N) is 8. The highest BCUT2D eigenvalue weighted by atomic mass is 32.7. The number of hydrogen-bond acceptors (Lipinski definition) is 28. The predicted molar refractivity (Wildman–Crippen MR) is 317 cm³/mol. The molecule has 0 spiro atoms. The van der Waals surface area contributed by atoms with Crippen LogP contribution in [0.15, 0.2) is 0 Å². The third-order valence-electron chi connectivity index (χ3n) is 14.9. The van der Waals surface area contributed by atoms with Gasteiger partial charge in [-0.15, -0.1) is 0 Å². The summed E-state index contributed by atoms with van der Waals surface area (Å²) in [6, 6.07) is -6.20. The molecule has 0 radical (unpaired) electrons. The molecule has 530 valence electrons. The molecule has 18 unspecified atom stereocenters. The lowest BCUT2D eigenvalue weighted by molar-refractivity contribution is -0.272. The van der Waals surface area contributed by atoms with Crippen molar-refractivity contribution in [2.75, 3.05) is 106 Å². The summed E-state index contributed by atoms with van der Waals surface area (Å²) in [4.78, 5) is 103. The number of ether oxygens (including phenoxy) is 9. The van der Waals surface area contributed by atoms with Crippen molar-refractivity contribution in [3.8, 4) is 0 Å². The van der Waals surface area contributed by atoms with Crippen LogP contribution in [0.25, 0.3) is 0 Å². The molecule has 3 heterocycles. The maximum atomic E-state index is 13.8. The van der Waals surface area contributed by atoms with Gasteiger partial charge in [0.25, 0.3) is 6.57 Å². The first-order valence-corrected chi connectivity index (χ1v) is 33.6. The van der Waals surface area contributed by atoms with Gasteiger partial charge in [0.15, 0.2) is 18.9 Å². The molecule has 17 N–H and O–H groups in total. The second-order valence-electron chi connectivity index (χ2n) is 22.3. The number of carbonyl (C=O) groups is 8. The van der Waals surface area contributed by atoms with E-state index in [2.05, 4.69) is 54.8 Å². The van der Waals surface area contributed by atoms with Crippen LogP contribution in [0, 0.1) is 5.92 Å². The predicted octanol–water partition coefficient (Wildman–Crippen LogP) is -7.88. The van der Waals surface area contributed by atoms with Crippen molar-refractivity contribution in [3.63, 3.8) is 0 Å². The second-order valence-corrected chi connectivity index (χ2v) is 26.3. The van der Waals surface area contributed by atoms with Gasteiger partial charge in [0.1, 0.15) is 85.1 Å². The van der Waals surface area contributed by atoms with Crippen LogP contribution in [0.2, 0.25) is 0 Å². The Kier molecular flexibility index (Phi) is 36.1. The van der Waals surface area contributed by atoms with Gasteiger partial charge in [0.2, 0.25) is 47.3 Å². The van der Waals surface area contributed by atoms with Gasteiger partial charge in [-0.2, -0.15) is 0 Å². The van der Waals surface area contributed by atoms with Crippen molar-refractivity contribution in [1.82, 2.24) is 42.5 Å². The molecule has 0 aromatic heterocycles. The molecule has 0 aromatic rings. The number of carbonyl (C=O) groups excluding carboxylic acids is 8. The lowest BCUT2D eigenvalue weighted by atomic mass is 9.86. The molecule has 0 aromatic carbocycles. The highest BCUT2D eigenvalue weighted by Crippen LogP contribution is 2.50. The number of rotatable bonds is 40. The largest absolute Gasteiger partial charge is 0.394 e. The van der Waals surface area contributed by atoms with E-state index in [1.54, 1.807) is 0 Å². The van der Waals surface area contributed by atoms with Crippen molar-refractivity contribution in [2.24, 2.45) is 5.92 Å². The summed E-state index contributed by atoms with van der Waals surface area (Å²) in [6.45, 7) is -1.40. The van der Waals surface area contributed by atoms with Crippen LogP contribution >= 0.6 is 18.8 Å². The van der Waals surface area contributed by atoms with E-state index in [1.165, 1.54) is 27.4 Å². The zero-order chi connectivity index (χ0) is 68.1. The van der Waals surface area contributed by atoms with Crippen molar-refractivity contribution in [1.29, 1.82) is 0 Å². The molecule has 92 heavy (non-hydrogen) atoms. The summed E-state index contributed by atoms with van der Waals surface area (Å²) in [6.07, 6.45) is -16.9. The normalized spacial score (nSPS) is 30.3. The van der Waals surface area contributed by atoms with Gasteiger partial charge in [0.05, 0.1) is 85.4 Å². The smallest absolute Gasteiger partial charge is 0.252 e. The van der Waals surface area contributed by atoms with E-state index < -0.39 is 196 Å². The molecule has 36 nitrogen and oxygen atoms in total. The molecule has 1 saturated carbocycles. The number of thiol groups is 1. The fraction of sp³-hybridized carbons (Fsp3) is 0.852.